The smallest absolute Gasteiger partial charge is 0.159 e. The zero-order valence-corrected chi connectivity index (χ0v) is 21.4. The van der Waals surface area contributed by atoms with Gasteiger partial charge >= 0.3 is 0 Å². The Morgan fingerprint density at radius 1 is 0.657 bits per heavy atom. The highest BCUT2D eigenvalue weighted by atomic mass is 79.9. The summed E-state index contributed by atoms with van der Waals surface area (Å²) in [4.78, 5) is 2.31. The molecule has 0 saturated carbocycles. The quantitative estimate of drug-likeness (QED) is 0.224. The fraction of sp³-hybridized carbons (Fsp3) is 0.0323. The van der Waals surface area contributed by atoms with Crippen molar-refractivity contribution in [2.24, 2.45) is 0 Å². The molecule has 0 unspecified atom stereocenters. The minimum atomic E-state index is 0.898. The lowest BCUT2D eigenvalue weighted by Gasteiger charge is -2.25. The Balaban J connectivity index is 1.50. The normalized spacial score (nSPS) is 11.7. The van der Waals surface area contributed by atoms with Gasteiger partial charge in [0.1, 0.15) is 5.58 Å². The van der Waals surface area contributed by atoms with Crippen LogP contribution < -0.4 is 4.90 Å². The molecule has 0 bridgehead atoms. The zero-order valence-electron chi connectivity index (χ0n) is 19.0. The molecule has 0 N–H and O–H groups in total. The summed E-state index contributed by atoms with van der Waals surface area (Å²) in [6, 6.07) is 36.6. The number of hydrogen-bond donors (Lipinski definition) is 0. The average molecular weight is 534 g/mol. The van der Waals surface area contributed by atoms with Crippen LogP contribution >= 0.6 is 27.3 Å². The Morgan fingerprint density at radius 2 is 1.37 bits per heavy atom. The Bertz CT molecular complexity index is 1880. The standard InChI is InChI=1S/C31H20BrNOS/c1-19-9-12-21(13-10-19)33(27-7-4-6-26-23-5-2-3-8-28(23)34-31(26)27)22-14-16-25-24-15-11-20(32)17-29(24)35-30(25)18-22/h2-18H,1H3. The van der Waals surface area contributed by atoms with Crippen LogP contribution in [-0.4, -0.2) is 0 Å². The number of hydrogen-bond acceptors (Lipinski definition) is 3. The number of rotatable bonds is 3. The van der Waals surface area contributed by atoms with E-state index in [0.29, 0.717) is 0 Å². The van der Waals surface area contributed by atoms with Crippen LogP contribution in [0.3, 0.4) is 0 Å². The molecular formula is C31H20BrNOS. The molecule has 0 aliphatic rings. The maximum Gasteiger partial charge on any atom is 0.159 e. The SMILES string of the molecule is Cc1ccc(N(c2ccc3c(c2)sc2cc(Br)ccc23)c2cccc3c2oc2ccccc23)cc1. The Hall–Kier alpha value is -3.60. The van der Waals surface area contributed by atoms with Gasteiger partial charge in [0.05, 0.1) is 5.69 Å². The third kappa shape index (κ3) is 3.36. The highest BCUT2D eigenvalue weighted by molar-refractivity contribution is 9.10. The van der Waals surface area contributed by atoms with E-state index in [9.17, 15) is 0 Å². The van der Waals surface area contributed by atoms with E-state index >= 15 is 0 Å². The van der Waals surface area contributed by atoms with E-state index in [-0.39, 0.29) is 0 Å². The largest absolute Gasteiger partial charge is 0.454 e. The lowest BCUT2D eigenvalue weighted by atomic mass is 10.1. The molecule has 7 aromatic rings. The van der Waals surface area contributed by atoms with Gasteiger partial charge in [-0.2, -0.15) is 0 Å². The number of fused-ring (bicyclic) bond motifs is 6. The van der Waals surface area contributed by atoms with Crippen LogP contribution in [-0.2, 0) is 0 Å². The third-order valence-electron chi connectivity index (χ3n) is 6.59. The van der Waals surface area contributed by atoms with Gasteiger partial charge < -0.3 is 9.32 Å². The maximum absolute atomic E-state index is 6.44. The summed E-state index contributed by atoms with van der Waals surface area (Å²) >= 11 is 5.45. The van der Waals surface area contributed by atoms with Crippen LogP contribution in [0.15, 0.2) is 112 Å². The molecule has 0 amide bonds. The number of para-hydroxylation sites is 2. The number of thiophene rings is 1. The summed E-state index contributed by atoms with van der Waals surface area (Å²) < 4.78 is 10.1. The van der Waals surface area contributed by atoms with E-state index in [0.717, 1.165) is 43.5 Å². The van der Waals surface area contributed by atoms with Crippen molar-refractivity contribution in [1.29, 1.82) is 0 Å². The van der Waals surface area contributed by atoms with Crippen LogP contribution in [0.25, 0.3) is 42.1 Å². The van der Waals surface area contributed by atoms with Gasteiger partial charge in [0, 0.05) is 46.8 Å². The second kappa shape index (κ2) is 7.98. The van der Waals surface area contributed by atoms with Gasteiger partial charge in [0.15, 0.2) is 5.58 Å². The molecule has 0 saturated heterocycles. The van der Waals surface area contributed by atoms with E-state index < -0.39 is 0 Å². The minimum absolute atomic E-state index is 0.898. The molecule has 0 spiro atoms. The molecule has 5 aromatic carbocycles. The van der Waals surface area contributed by atoms with E-state index in [1.54, 1.807) is 0 Å². The summed E-state index contributed by atoms with van der Waals surface area (Å²) in [5.41, 5.74) is 6.29. The first-order valence-electron chi connectivity index (χ1n) is 11.5. The monoisotopic (exact) mass is 533 g/mol. The second-order valence-electron chi connectivity index (χ2n) is 8.85. The summed E-state index contributed by atoms with van der Waals surface area (Å²) in [6.07, 6.45) is 0. The Kier molecular flexibility index (Phi) is 4.73. The predicted octanol–water partition coefficient (Wildman–Crippen LogP) is 10.5. The lowest BCUT2D eigenvalue weighted by molar-refractivity contribution is 0.669. The predicted molar refractivity (Wildman–Crippen MR) is 154 cm³/mol. The van der Waals surface area contributed by atoms with Crippen LogP contribution in [0.4, 0.5) is 17.1 Å². The van der Waals surface area contributed by atoms with Crippen LogP contribution in [0.5, 0.6) is 0 Å². The van der Waals surface area contributed by atoms with E-state index in [4.69, 9.17) is 4.42 Å². The zero-order chi connectivity index (χ0) is 23.5. The first-order valence-corrected chi connectivity index (χ1v) is 13.2. The van der Waals surface area contributed by atoms with Crippen molar-refractivity contribution in [1.82, 2.24) is 0 Å². The molecular weight excluding hydrogens is 514 g/mol. The van der Waals surface area contributed by atoms with Gasteiger partial charge in [-0.25, -0.2) is 0 Å². The van der Waals surface area contributed by atoms with E-state index in [1.165, 1.54) is 25.7 Å². The minimum Gasteiger partial charge on any atom is -0.454 e. The summed E-state index contributed by atoms with van der Waals surface area (Å²) in [7, 11) is 0. The molecule has 2 aromatic heterocycles. The van der Waals surface area contributed by atoms with Crippen molar-refractivity contribution in [3.05, 3.63) is 113 Å². The second-order valence-corrected chi connectivity index (χ2v) is 10.8. The Morgan fingerprint density at radius 3 is 2.23 bits per heavy atom. The molecule has 7 rings (SSSR count). The van der Waals surface area contributed by atoms with Gasteiger partial charge in [0.25, 0.3) is 0 Å². The molecule has 2 nitrogen and oxygen atoms in total. The highest BCUT2D eigenvalue weighted by Crippen LogP contribution is 2.44. The van der Waals surface area contributed by atoms with Crippen molar-refractivity contribution in [3.63, 3.8) is 0 Å². The Labute approximate surface area is 215 Å². The molecule has 0 radical (unpaired) electrons. The summed E-state index contributed by atoms with van der Waals surface area (Å²) in [5, 5.41) is 4.84. The number of benzene rings is 5. The first kappa shape index (κ1) is 20.7. The number of furan rings is 1. The lowest BCUT2D eigenvalue weighted by Crippen LogP contribution is -2.10. The van der Waals surface area contributed by atoms with Gasteiger partial charge in [0.2, 0.25) is 0 Å². The number of anilines is 3. The van der Waals surface area contributed by atoms with Crippen molar-refractivity contribution >= 4 is 86.4 Å². The van der Waals surface area contributed by atoms with Crippen molar-refractivity contribution in [2.45, 2.75) is 6.92 Å². The summed E-state index contributed by atoms with van der Waals surface area (Å²) in [5.74, 6) is 0. The molecule has 0 atom stereocenters. The molecule has 4 heteroatoms. The van der Waals surface area contributed by atoms with Gasteiger partial charge in [-0.3, -0.25) is 0 Å². The van der Waals surface area contributed by atoms with Crippen molar-refractivity contribution < 1.29 is 4.42 Å². The summed E-state index contributed by atoms with van der Waals surface area (Å²) in [6.45, 7) is 2.12. The molecule has 0 aliphatic carbocycles. The highest BCUT2D eigenvalue weighted by Gasteiger charge is 2.20. The number of nitrogens with zero attached hydrogens (tertiary/aromatic N) is 1. The average Bonchev–Trinajstić information content (AvgIpc) is 3.43. The molecule has 168 valence electrons. The fourth-order valence-electron chi connectivity index (χ4n) is 4.91. The third-order valence-corrected chi connectivity index (χ3v) is 8.20. The first-order chi connectivity index (χ1) is 17.2. The van der Waals surface area contributed by atoms with Crippen LogP contribution in [0, 0.1) is 6.92 Å². The molecule has 2 heterocycles. The van der Waals surface area contributed by atoms with Crippen LogP contribution in [0.2, 0.25) is 0 Å². The molecule has 35 heavy (non-hydrogen) atoms. The molecule has 0 aliphatic heterocycles. The van der Waals surface area contributed by atoms with Gasteiger partial charge in [-0.05, 0) is 55.5 Å². The maximum atomic E-state index is 6.44. The molecule has 0 fully saturated rings. The van der Waals surface area contributed by atoms with Crippen molar-refractivity contribution in [2.75, 3.05) is 4.90 Å². The fourth-order valence-corrected chi connectivity index (χ4v) is 6.60. The van der Waals surface area contributed by atoms with Gasteiger partial charge in [-0.1, -0.05) is 76.1 Å². The number of aryl methyl sites for hydroxylation is 1. The van der Waals surface area contributed by atoms with Crippen molar-refractivity contribution in [3.8, 4) is 0 Å². The van der Waals surface area contributed by atoms with Crippen LogP contribution in [0.1, 0.15) is 5.56 Å². The van der Waals surface area contributed by atoms with Gasteiger partial charge in [-0.15, -0.1) is 11.3 Å². The number of halogens is 1. The topological polar surface area (TPSA) is 16.4 Å². The van der Waals surface area contributed by atoms with E-state index in [1.807, 2.05) is 23.5 Å². The van der Waals surface area contributed by atoms with E-state index in [2.05, 4.69) is 119 Å².